The third kappa shape index (κ3) is 4.33. The lowest BCUT2D eigenvalue weighted by Gasteiger charge is -2.24. The van der Waals surface area contributed by atoms with E-state index < -0.39 is 5.82 Å². The Morgan fingerprint density at radius 2 is 1.73 bits per heavy atom. The van der Waals surface area contributed by atoms with Crippen molar-refractivity contribution < 1.29 is 18.7 Å². The maximum atomic E-state index is 14.2. The van der Waals surface area contributed by atoms with Crippen LogP contribution < -0.4 is 4.74 Å². The Balaban J connectivity index is 1.57. The number of hydrogen-bond donors (Lipinski definition) is 0. The number of ether oxygens (including phenoxy) is 1. The third-order valence-corrected chi connectivity index (χ3v) is 5.10. The first-order valence-electron chi connectivity index (χ1n) is 9.21. The molecule has 0 saturated carbocycles. The highest BCUT2D eigenvalue weighted by molar-refractivity contribution is 5.94. The van der Waals surface area contributed by atoms with Gasteiger partial charge in [0.2, 0.25) is 5.91 Å². The molecule has 0 aliphatic carbocycles. The van der Waals surface area contributed by atoms with E-state index in [1.807, 2.05) is 4.90 Å². The molecular weight excluding hydrogens is 337 g/mol. The van der Waals surface area contributed by atoms with Crippen molar-refractivity contribution >= 4 is 11.8 Å². The summed E-state index contributed by atoms with van der Waals surface area (Å²) >= 11 is 0. The molecule has 6 nitrogen and oxygen atoms in total. The van der Waals surface area contributed by atoms with Crippen molar-refractivity contribution in [2.45, 2.75) is 19.3 Å². The second kappa shape index (κ2) is 8.49. The van der Waals surface area contributed by atoms with Crippen LogP contribution in [-0.2, 0) is 4.79 Å². The predicted molar refractivity (Wildman–Crippen MR) is 95.7 cm³/mol. The van der Waals surface area contributed by atoms with Crippen LogP contribution in [0.3, 0.4) is 0 Å². The van der Waals surface area contributed by atoms with Crippen molar-refractivity contribution in [3.8, 4) is 5.75 Å². The minimum absolute atomic E-state index is 0.0624. The second-order valence-corrected chi connectivity index (χ2v) is 6.86. The fourth-order valence-electron chi connectivity index (χ4n) is 3.56. The van der Waals surface area contributed by atoms with E-state index in [0.29, 0.717) is 31.9 Å². The van der Waals surface area contributed by atoms with Crippen LogP contribution in [0.1, 0.15) is 29.6 Å². The molecule has 3 rings (SSSR count). The van der Waals surface area contributed by atoms with Gasteiger partial charge in [0.15, 0.2) is 0 Å². The number of amides is 2. The Bertz CT molecular complexity index is 661. The largest absolute Gasteiger partial charge is 0.497 e. The molecule has 2 fully saturated rings. The molecule has 1 aromatic rings. The van der Waals surface area contributed by atoms with Crippen molar-refractivity contribution in [2.75, 3.05) is 52.9 Å². The number of carbonyl (C=O) groups excluding carboxylic acids is 2. The van der Waals surface area contributed by atoms with Gasteiger partial charge in [-0.3, -0.25) is 14.5 Å². The average molecular weight is 363 g/mol. The average Bonchev–Trinajstić information content (AvgIpc) is 3.09. The summed E-state index contributed by atoms with van der Waals surface area (Å²) in [5.41, 5.74) is 0.0624. The van der Waals surface area contributed by atoms with E-state index in [1.54, 1.807) is 11.0 Å². The van der Waals surface area contributed by atoms with Crippen LogP contribution in [0, 0.1) is 5.82 Å². The second-order valence-electron chi connectivity index (χ2n) is 6.86. The van der Waals surface area contributed by atoms with Crippen LogP contribution >= 0.6 is 0 Å². The first-order chi connectivity index (χ1) is 12.6. The normalized spacial score (nSPS) is 18.7. The van der Waals surface area contributed by atoms with Gasteiger partial charge >= 0.3 is 0 Å². The van der Waals surface area contributed by atoms with Crippen LogP contribution in [0.5, 0.6) is 5.75 Å². The Hall–Kier alpha value is -2.15. The summed E-state index contributed by atoms with van der Waals surface area (Å²) in [5, 5.41) is 0. The first-order valence-corrected chi connectivity index (χ1v) is 9.21. The topological polar surface area (TPSA) is 53.1 Å². The van der Waals surface area contributed by atoms with Gasteiger partial charge in [0.25, 0.3) is 5.91 Å². The number of rotatable bonds is 4. The van der Waals surface area contributed by atoms with Crippen molar-refractivity contribution in [1.29, 1.82) is 0 Å². The number of carbonyl (C=O) groups is 2. The van der Waals surface area contributed by atoms with Crippen molar-refractivity contribution in [3.05, 3.63) is 29.6 Å². The predicted octanol–water partition coefficient (Wildman–Crippen LogP) is 1.60. The minimum Gasteiger partial charge on any atom is -0.497 e. The summed E-state index contributed by atoms with van der Waals surface area (Å²) in [6.45, 7) is 4.58. The van der Waals surface area contributed by atoms with Gasteiger partial charge in [-0.05, 0) is 31.4 Å². The van der Waals surface area contributed by atoms with E-state index in [9.17, 15) is 14.0 Å². The molecule has 0 spiro atoms. The molecule has 0 bridgehead atoms. The molecule has 26 heavy (non-hydrogen) atoms. The van der Waals surface area contributed by atoms with Crippen molar-refractivity contribution in [2.24, 2.45) is 0 Å². The smallest absolute Gasteiger partial charge is 0.256 e. The molecule has 2 saturated heterocycles. The summed E-state index contributed by atoms with van der Waals surface area (Å²) in [5.74, 6) is -0.317. The molecule has 2 aliphatic heterocycles. The van der Waals surface area contributed by atoms with Gasteiger partial charge in [0.1, 0.15) is 11.6 Å². The van der Waals surface area contributed by atoms with E-state index in [0.717, 1.165) is 38.9 Å². The maximum Gasteiger partial charge on any atom is 0.256 e. The van der Waals surface area contributed by atoms with Gasteiger partial charge in [-0.1, -0.05) is 0 Å². The molecular formula is C19H26FN3O3. The van der Waals surface area contributed by atoms with Crippen molar-refractivity contribution in [3.63, 3.8) is 0 Å². The lowest BCUT2D eigenvalue weighted by atomic mass is 10.1. The van der Waals surface area contributed by atoms with Crippen LogP contribution in [0.15, 0.2) is 18.2 Å². The fraction of sp³-hybridized carbons (Fsp3) is 0.579. The zero-order chi connectivity index (χ0) is 18.5. The number of likely N-dealkylation sites (tertiary alicyclic amines) is 1. The fourth-order valence-corrected chi connectivity index (χ4v) is 3.56. The van der Waals surface area contributed by atoms with Gasteiger partial charge in [0.05, 0.1) is 19.2 Å². The van der Waals surface area contributed by atoms with E-state index in [4.69, 9.17) is 4.74 Å². The molecule has 2 amide bonds. The highest BCUT2D eigenvalue weighted by atomic mass is 19.1. The Labute approximate surface area is 153 Å². The SMILES string of the molecule is COc1ccc(C(=O)N2CCCN(CC(=O)N3CCCC3)CC2)c(F)c1. The highest BCUT2D eigenvalue weighted by Gasteiger charge is 2.25. The Morgan fingerprint density at radius 3 is 2.42 bits per heavy atom. The third-order valence-electron chi connectivity index (χ3n) is 5.10. The van der Waals surface area contributed by atoms with Gasteiger partial charge < -0.3 is 14.5 Å². The summed E-state index contributed by atoms with van der Waals surface area (Å²) < 4.78 is 19.2. The van der Waals surface area contributed by atoms with E-state index in [2.05, 4.69) is 4.90 Å². The molecule has 0 aromatic heterocycles. The van der Waals surface area contributed by atoms with Crippen LogP contribution in [-0.4, -0.2) is 79.4 Å². The lowest BCUT2D eigenvalue weighted by Crippen LogP contribution is -2.41. The number of benzene rings is 1. The molecule has 2 heterocycles. The summed E-state index contributed by atoms with van der Waals surface area (Å²) in [6, 6.07) is 4.29. The van der Waals surface area contributed by atoms with Gasteiger partial charge in [-0.25, -0.2) is 4.39 Å². The van der Waals surface area contributed by atoms with Gasteiger partial charge in [-0.2, -0.15) is 0 Å². The van der Waals surface area contributed by atoms with Crippen LogP contribution in [0.25, 0.3) is 0 Å². The first kappa shape index (κ1) is 18.6. The standard InChI is InChI=1S/C19H26FN3O3/c1-26-15-5-6-16(17(20)13-15)19(25)23-10-4-7-21(11-12-23)14-18(24)22-8-2-3-9-22/h5-6,13H,2-4,7-12,14H2,1H3. The summed E-state index contributed by atoms with van der Waals surface area (Å²) in [7, 11) is 1.46. The van der Waals surface area contributed by atoms with Crippen molar-refractivity contribution in [1.82, 2.24) is 14.7 Å². The zero-order valence-electron chi connectivity index (χ0n) is 15.2. The molecule has 0 unspecified atom stereocenters. The highest BCUT2D eigenvalue weighted by Crippen LogP contribution is 2.19. The maximum absolute atomic E-state index is 14.2. The summed E-state index contributed by atoms with van der Waals surface area (Å²) in [6.07, 6.45) is 2.94. The number of hydrogen-bond acceptors (Lipinski definition) is 4. The Morgan fingerprint density at radius 1 is 1.00 bits per heavy atom. The summed E-state index contributed by atoms with van der Waals surface area (Å²) in [4.78, 5) is 30.7. The molecule has 0 atom stereocenters. The molecule has 1 aromatic carbocycles. The van der Waals surface area contributed by atoms with E-state index >= 15 is 0 Å². The van der Waals surface area contributed by atoms with Crippen LogP contribution in [0.4, 0.5) is 4.39 Å². The number of nitrogens with zero attached hydrogens (tertiary/aromatic N) is 3. The number of halogens is 1. The molecule has 2 aliphatic rings. The lowest BCUT2D eigenvalue weighted by molar-refractivity contribution is -0.131. The number of methoxy groups -OCH3 is 1. The van der Waals surface area contributed by atoms with E-state index in [1.165, 1.54) is 19.2 Å². The zero-order valence-corrected chi connectivity index (χ0v) is 15.2. The molecule has 0 N–H and O–H groups in total. The quantitative estimate of drug-likeness (QED) is 0.816. The van der Waals surface area contributed by atoms with Gasteiger partial charge in [-0.15, -0.1) is 0 Å². The monoisotopic (exact) mass is 363 g/mol. The minimum atomic E-state index is -0.570. The Kier molecular flexibility index (Phi) is 6.08. The van der Waals surface area contributed by atoms with Crippen LogP contribution in [0.2, 0.25) is 0 Å². The van der Waals surface area contributed by atoms with E-state index in [-0.39, 0.29) is 17.4 Å². The molecule has 0 radical (unpaired) electrons. The van der Waals surface area contributed by atoms with Gasteiger partial charge in [0, 0.05) is 45.3 Å². The molecule has 7 heteroatoms. The molecule has 142 valence electrons.